The van der Waals surface area contributed by atoms with Gasteiger partial charge >= 0.3 is 11.9 Å². The van der Waals surface area contributed by atoms with Crippen LogP contribution in [0.15, 0.2) is 48.5 Å². The maximum Gasteiger partial charge on any atom is 0.338 e. The van der Waals surface area contributed by atoms with Crippen LogP contribution >= 0.6 is 0 Å². The fourth-order valence-electron chi connectivity index (χ4n) is 5.81. The Kier molecular flexibility index (Phi) is 11.4. The van der Waals surface area contributed by atoms with Crippen LogP contribution in [0.1, 0.15) is 111 Å². The van der Waals surface area contributed by atoms with Gasteiger partial charge in [0.1, 0.15) is 5.75 Å². The molecule has 0 N–H and O–H groups in total. The average Bonchev–Trinajstić information content (AvgIpc) is 2.96. The highest BCUT2D eigenvalue weighted by Gasteiger charge is 2.26. The maximum atomic E-state index is 12.4. The van der Waals surface area contributed by atoms with Crippen molar-refractivity contribution in [2.75, 3.05) is 13.2 Å². The van der Waals surface area contributed by atoms with E-state index in [4.69, 9.17) is 14.2 Å². The normalized spacial score (nSPS) is 23.2. The summed E-state index contributed by atoms with van der Waals surface area (Å²) in [7, 11) is 0. The number of ether oxygens (including phenoxy) is 3. The first-order valence-electron chi connectivity index (χ1n) is 15.1. The Morgan fingerprint density at radius 1 is 0.744 bits per heavy atom. The molecule has 2 aliphatic rings. The van der Waals surface area contributed by atoms with E-state index in [-0.39, 0.29) is 17.9 Å². The molecular formula is C34H46O5. The van der Waals surface area contributed by atoms with E-state index in [2.05, 4.69) is 38.1 Å². The minimum absolute atomic E-state index is 0.0122. The second-order valence-corrected chi connectivity index (χ2v) is 11.7. The third kappa shape index (κ3) is 9.49. The van der Waals surface area contributed by atoms with Gasteiger partial charge in [-0.25, -0.2) is 4.79 Å². The quantitative estimate of drug-likeness (QED) is 0.156. The molecule has 0 saturated heterocycles. The molecule has 212 valence electrons. The van der Waals surface area contributed by atoms with E-state index < -0.39 is 0 Å². The van der Waals surface area contributed by atoms with E-state index in [0.717, 1.165) is 70.8 Å². The average molecular weight is 535 g/mol. The van der Waals surface area contributed by atoms with Crippen LogP contribution in [-0.2, 0) is 14.3 Å². The molecule has 0 unspecified atom stereocenters. The zero-order valence-electron chi connectivity index (χ0n) is 23.9. The Balaban J connectivity index is 1.02. The fourth-order valence-corrected chi connectivity index (χ4v) is 5.81. The summed E-state index contributed by atoms with van der Waals surface area (Å²) < 4.78 is 17.1. The summed E-state index contributed by atoms with van der Waals surface area (Å²) in [5.41, 5.74) is 3.28. The van der Waals surface area contributed by atoms with Gasteiger partial charge in [0.05, 0.1) is 24.2 Å². The molecule has 0 radical (unpaired) electrons. The van der Waals surface area contributed by atoms with Gasteiger partial charge in [-0.15, -0.1) is 0 Å². The lowest BCUT2D eigenvalue weighted by Crippen LogP contribution is -2.24. The van der Waals surface area contributed by atoms with Gasteiger partial charge in [-0.1, -0.05) is 43.2 Å². The molecule has 0 amide bonds. The summed E-state index contributed by atoms with van der Waals surface area (Å²) in [5, 5.41) is 0. The highest BCUT2D eigenvalue weighted by atomic mass is 16.5. The van der Waals surface area contributed by atoms with Crippen molar-refractivity contribution < 1.29 is 23.8 Å². The van der Waals surface area contributed by atoms with Gasteiger partial charge in [0, 0.05) is 6.61 Å². The van der Waals surface area contributed by atoms with Crippen LogP contribution in [-0.4, -0.2) is 31.3 Å². The van der Waals surface area contributed by atoms with E-state index in [1.165, 1.54) is 24.0 Å². The summed E-state index contributed by atoms with van der Waals surface area (Å²) in [5.74, 6) is 1.35. The number of aryl methyl sites for hydroxylation is 1. The van der Waals surface area contributed by atoms with E-state index in [1.54, 1.807) is 24.3 Å². The minimum atomic E-state index is -0.335. The summed E-state index contributed by atoms with van der Waals surface area (Å²) in [6.07, 6.45) is 13.1. The van der Waals surface area contributed by atoms with Gasteiger partial charge in [-0.3, -0.25) is 4.79 Å². The van der Waals surface area contributed by atoms with E-state index >= 15 is 0 Å². The molecule has 2 saturated carbocycles. The van der Waals surface area contributed by atoms with Gasteiger partial charge in [-0.2, -0.15) is 0 Å². The van der Waals surface area contributed by atoms with Gasteiger partial charge in [0.15, 0.2) is 0 Å². The molecule has 5 nitrogen and oxygen atoms in total. The topological polar surface area (TPSA) is 61.8 Å². The SMILES string of the molecule is Cc1ccc(C2CCC(OCCCCCCOC(=O)c3ccc(OC(=O)C4CCC(C)CC4)cc3)CC2)cc1. The zero-order chi connectivity index (χ0) is 27.5. The van der Waals surface area contributed by atoms with Crippen molar-refractivity contribution in [3.05, 3.63) is 65.2 Å². The molecule has 4 rings (SSSR count). The zero-order valence-corrected chi connectivity index (χ0v) is 23.9. The lowest BCUT2D eigenvalue weighted by atomic mass is 9.82. The molecular weight excluding hydrogens is 488 g/mol. The van der Waals surface area contributed by atoms with Crippen molar-refractivity contribution in [3.63, 3.8) is 0 Å². The number of hydrogen-bond acceptors (Lipinski definition) is 5. The smallest absolute Gasteiger partial charge is 0.338 e. The summed E-state index contributed by atoms with van der Waals surface area (Å²) >= 11 is 0. The van der Waals surface area contributed by atoms with Crippen LogP contribution in [0.2, 0.25) is 0 Å². The Labute approximate surface area is 234 Å². The van der Waals surface area contributed by atoms with Crippen molar-refractivity contribution in [2.24, 2.45) is 11.8 Å². The van der Waals surface area contributed by atoms with Crippen LogP contribution in [0.3, 0.4) is 0 Å². The summed E-state index contributed by atoms with van der Waals surface area (Å²) in [6, 6.07) is 15.7. The molecule has 2 aromatic rings. The number of unbranched alkanes of at least 4 members (excludes halogenated alkanes) is 3. The third-order valence-corrected chi connectivity index (χ3v) is 8.51. The Hall–Kier alpha value is -2.66. The number of carbonyl (C=O) groups excluding carboxylic acids is 2. The van der Waals surface area contributed by atoms with E-state index in [1.807, 2.05) is 0 Å². The standard InChI is InChI=1S/C34H46O5/c1-25-7-11-27(12-8-25)28-15-19-31(20-16-28)37-23-5-3-4-6-24-38-33(35)29-17-21-32(22-18-29)39-34(36)30-13-9-26(2)10-14-30/h7-8,11-12,17-18,21-22,26,28,30-31H,3-6,9-10,13-16,19-20,23-24H2,1-2H3. The van der Waals surface area contributed by atoms with Crippen LogP contribution in [0.25, 0.3) is 0 Å². The number of hydrogen-bond donors (Lipinski definition) is 0. The monoisotopic (exact) mass is 534 g/mol. The highest BCUT2D eigenvalue weighted by Crippen LogP contribution is 2.34. The van der Waals surface area contributed by atoms with Crippen LogP contribution in [0.5, 0.6) is 5.75 Å². The molecule has 5 heteroatoms. The van der Waals surface area contributed by atoms with E-state index in [0.29, 0.717) is 35.9 Å². The Morgan fingerprint density at radius 3 is 2.05 bits per heavy atom. The molecule has 0 atom stereocenters. The summed E-state index contributed by atoms with van der Waals surface area (Å²) in [6.45, 7) is 5.60. The maximum absolute atomic E-state index is 12.4. The number of rotatable bonds is 12. The number of carbonyl (C=O) groups is 2. The molecule has 2 fully saturated rings. The van der Waals surface area contributed by atoms with Gasteiger partial charge < -0.3 is 14.2 Å². The van der Waals surface area contributed by atoms with Crippen LogP contribution in [0, 0.1) is 18.8 Å². The molecule has 0 heterocycles. The molecule has 0 bridgehead atoms. The van der Waals surface area contributed by atoms with Crippen molar-refractivity contribution >= 4 is 11.9 Å². The van der Waals surface area contributed by atoms with Crippen LogP contribution < -0.4 is 4.74 Å². The predicted molar refractivity (Wildman–Crippen MR) is 154 cm³/mol. The number of esters is 2. The minimum Gasteiger partial charge on any atom is -0.462 e. The van der Waals surface area contributed by atoms with Crippen molar-refractivity contribution in [1.29, 1.82) is 0 Å². The Bertz CT molecular complexity index is 1010. The second-order valence-electron chi connectivity index (χ2n) is 11.7. The first kappa shape index (κ1) is 29.3. The van der Waals surface area contributed by atoms with Gasteiger partial charge in [-0.05, 0) is 119 Å². The Morgan fingerprint density at radius 2 is 1.38 bits per heavy atom. The lowest BCUT2D eigenvalue weighted by Gasteiger charge is -2.29. The molecule has 2 aromatic carbocycles. The van der Waals surface area contributed by atoms with Crippen molar-refractivity contribution in [2.45, 2.75) is 103 Å². The van der Waals surface area contributed by atoms with Gasteiger partial charge in [0.2, 0.25) is 0 Å². The third-order valence-electron chi connectivity index (χ3n) is 8.51. The van der Waals surface area contributed by atoms with Crippen molar-refractivity contribution in [3.8, 4) is 5.75 Å². The highest BCUT2D eigenvalue weighted by molar-refractivity contribution is 5.89. The predicted octanol–water partition coefficient (Wildman–Crippen LogP) is 8.19. The number of benzene rings is 2. The first-order chi connectivity index (χ1) is 19.0. The lowest BCUT2D eigenvalue weighted by molar-refractivity contribution is -0.140. The van der Waals surface area contributed by atoms with E-state index in [9.17, 15) is 9.59 Å². The molecule has 0 spiro atoms. The molecule has 39 heavy (non-hydrogen) atoms. The largest absolute Gasteiger partial charge is 0.462 e. The van der Waals surface area contributed by atoms with Crippen LogP contribution in [0.4, 0.5) is 0 Å². The fraction of sp³-hybridized carbons (Fsp3) is 0.588. The molecule has 2 aliphatic carbocycles. The molecule has 0 aromatic heterocycles. The first-order valence-corrected chi connectivity index (χ1v) is 15.1. The summed E-state index contributed by atoms with van der Waals surface area (Å²) in [4.78, 5) is 24.7. The molecule has 0 aliphatic heterocycles. The second kappa shape index (κ2) is 15.2. The van der Waals surface area contributed by atoms with Gasteiger partial charge in [0.25, 0.3) is 0 Å². The van der Waals surface area contributed by atoms with Crippen molar-refractivity contribution in [1.82, 2.24) is 0 Å².